The van der Waals surface area contributed by atoms with Crippen LogP contribution in [0.3, 0.4) is 0 Å². The van der Waals surface area contributed by atoms with Crippen molar-refractivity contribution in [3.63, 3.8) is 0 Å². The summed E-state index contributed by atoms with van der Waals surface area (Å²) in [6, 6.07) is 11.7. The van der Waals surface area contributed by atoms with Crippen LogP contribution in [0.15, 0.2) is 53.6 Å². The van der Waals surface area contributed by atoms with E-state index in [-0.39, 0.29) is 17.2 Å². The van der Waals surface area contributed by atoms with Crippen molar-refractivity contribution in [2.45, 2.75) is 4.90 Å². The first-order valence-corrected chi connectivity index (χ1v) is 6.81. The normalized spacial score (nSPS) is 10.0. The van der Waals surface area contributed by atoms with Crippen molar-refractivity contribution in [3.05, 3.63) is 54.2 Å². The van der Waals surface area contributed by atoms with Gasteiger partial charge in [-0.15, -0.1) is 11.8 Å². The predicted molar refractivity (Wildman–Crippen MR) is 77.0 cm³/mol. The number of nitrogens with one attached hydrogen (secondary N) is 1. The van der Waals surface area contributed by atoms with Gasteiger partial charge in [-0.2, -0.15) is 0 Å². The van der Waals surface area contributed by atoms with Crippen LogP contribution < -0.4 is 5.32 Å². The molecule has 0 radical (unpaired) electrons. The SMILES string of the molecule is O=C(CSc1ccc(C(=O)O)cc1)Nc1ccccn1. The lowest BCUT2D eigenvalue weighted by Crippen LogP contribution is -2.14. The zero-order valence-corrected chi connectivity index (χ0v) is 11.3. The second-order valence-electron chi connectivity index (χ2n) is 3.88. The van der Waals surface area contributed by atoms with E-state index in [2.05, 4.69) is 10.3 Å². The van der Waals surface area contributed by atoms with Crippen LogP contribution in [0.4, 0.5) is 5.82 Å². The zero-order chi connectivity index (χ0) is 14.4. The van der Waals surface area contributed by atoms with Crippen LogP contribution >= 0.6 is 11.8 Å². The monoisotopic (exact) mass is 288 g/mol. The molecule has 6 heteroatoms. The molecule has 20 heavy (non-hydrogen) atoms. The van der Waals surface area contributed by atoms with E-state index in [0.717, 1.165) is 4.90 Å². The fourth-order valence-corrected chi connectivity index (χ4v) is 2.16. The van der Waals surface area contributed by atoms with Crippen molar-refractivity contribution in [2.75, 3.05) is 11.1 Å². The van der Waals surface area contributed by atoms with E-state index in [1.54, 1.807) is 36.5 Å². The van der Waals surface area contributed by atoms with Gasteiger partial charge in [0.25, 0.3) is 0 Å². The molecule has 0 aliphatic rings. The Morgan fingerprint density at radius 2 is 1.90 bits per heavy atom. The maximum absolute atomic E-state index is 11.7. The molecular weight excluding hydrogens is 276 g/mol. The van der Waals surface area contributed by atoms with E-state index in [4.69, 9.17) is 5.11 Å². The second-order valence-corrected chi connectivity index (χ2v) is 4.93. The fourth-order valence-electron chi connectivity index (χ4n) is 1.46. The van der Waals surface area contributed by atoms with Gasteiger partial charge in [-0.25, -0.2) is 9.78 Å². The van der Waals surface area contributed by atoms with Crippen molar-refractivity contribution in [1.82, 2.24) is 4.98 Å². The molecule has 2 rings (SSSR count). The Labute approximate surface area is 120 Å². The third kappa shape index (κ3) is 4.10. The lowest BCUT2D eigenvalue weighted by atomic mass is 10.2. The summed E-state index contributed by atoms with van der Waals surface area (Å²) in [5.41, 5.74) is 0.229. The average molecular weight is 288 g/mol. The summed E-state index contributed by atoms with van der Waals surface area (Å²) in [7, 11) is 0. The number of aromatic carboxylic acids is 1. The topological polar surface area (TPSA) is 79.3 Å². The minimum atomic E-state index is -0.963. The molecule has 0 saturated carbocycles. The fraction of sp³-hybridized carbons (Fsp3) is 0.0714. The van der Waals surface area contributed by atoms with Crippen LogP contribution in [-0.2, 0) is 4.79 Å². The minimum Gasteiger partial charge on any atom is -0.478 e. The van der Waals surface area contributed by atoms with E-state index < -0.39 is 5.97 Å². The Morgan fingerprint density at radius 1 is 1.15 bits per heavy atom. The van der Waals surface area contributed by atoms with Crippen LogP contribution in [0.1, 0.15) is 10.4 Å². The van der Waals surface area contributed by atoms with E-state index in [0.29, 0.717) is 5.82 Å². The Kier molecular flexibility index (Phi) is 4.73. The molecule has 0 unspecified atom stereocenters. The number of carboxylic acid groups (broad SMARTS) is 1. The molecule has 1 aromatic heterocycles. The molecule has 0 saturated heterocycles. The number of carbonyl (C=O) groups is 2. The number of amides is 1. The summed E-state index contributed by atoms with van der Waals surface area (Å²) in [5.74, 6) is -0.368. The van der Waals surface area contributed by atoms with E-state index >= 15 is 0 Å². The van der Waals surface area contributed by atoms with Gasteiger partial charge in [0.15, 0.2) is 0 Å². The van der Waals surface area contributed by atoms with Gasteiger partial charge in [0, 0.05) is 11.1 Å². The molecule has 0 aliphatic heterocycles. The molecule has 0 spiro atoms. The molecule has 2 aromatic rings. The number of aromatic nitrogens is 1. The molecule has 1 aromatic carbocycles. The number of hydrogen-bond donors (Lipinski definition) is 2. The highest BCUT2D eigenvalue weighted by Crippen LogP contribution is 2.18. The van der Waals surface area contributed by atoms with Crippen molar-refractivity contribution in [3.8, 4) is 0 Å². The van der Waals surface area contributed by atoms with Crippen LogP contribution in [-0.4, -0.2) is 27.7 Å². The number of nitrogens with zero attached hydrogens (tertiary/aromatic N) is 1. The third-order valence-corrected chi connectivity index (χ3v) is 3.42. The molecule has 2 N–H and O–H groups in total. The smallest absolute Gasteiger partial charge is 0.335 e. The highest BCUT2D eigenvalue weighted by atomic mass is 32.2. The quantitative estimate of drug-likeness (QED) is 0.826. The Bertz CT molecular complexity index is 600. The van der Waals surface area contributed by atoms with Crippen molar-refractivity contribution in [2.24, 2.45) is 0 Å². The predicted octanol–water partition coefficient (Wildman–Crippen LogP) is 2.51. The molecule has 0 fully saturated rings. The lowest BCUT2D eigenvalue weighted by molar-refractivity contribution is -0.113. The van der Waals surface area contributed by atoms with E-state index in [1.807, 2.05) is 0 Å². The van der Waals surface area contributed by atoms with E-state index in [9.17, 15) is 9.59 Å². The van der Waals surface area contributed by atoms with Crippen molar-refractivity contribution >= 4 is 29.5 Å². The highest BCUT2D eigenvalue weighted by molar-refractivity contribution is 8.00. The van der Waals surface area contributed by atoms with Gasteiger partial charge in [-0.3, -0.25) is 4.79 Å². The summed E-state index contributed by atoms with van der Waals surface area (Å²) in [6.45, 7) is 0. The maximum atomic E-state index is 11.7. The first kappa shape index (κ1) is 14.1. The second kappa shape index (κ2) is 6.72. The van der Waals surface area contributed by atoms with Crippen LogP contribution in [0.5, 0.6) is 0 Å². The van der Waals surface area contributed by atoms with Gasteiger partial charge >= 0.3 is 5.97 Å². The zero-order valence-electron chi connectivity index (χ0n) is 10.4. The number of benzene rings is 1. The first-order chi connectivity index (χ1) is 9.65. The third-order valence-electron chi connectivity index (χ3n) is 2.40. The summed E-state index contributed by atoms with van der Waals surface area (Å²) in [6.07, 6.45) is 1.60. The number of carboxylic acids is 1. The molecule has 1 heterocycles. The molecule has 1 amide bonds. The van der Waals surface area contributed by atoms with E-state index in [1.165, 1.54) is 23.9 Å². The summed E-state index contributed by atoms with van der Waals surface area (Å²) >= 11 is 1.34. The maximum Gasteiger partial charge on any atom is 0.335 e. The first-order valence-electron chi connectivity index (χ1n) is 5.82. The Morgan fingerprint density at radius 3 is 2.50 bits per heavy atom. The standard InChI is InChI=1S/C14H12N2O3S/c17-13(16-12-3-1-2-8-15-12)9-20-11-6-4-10(5-7-11)14(18)19/h1-8H,9H2,(H,18,19)(H,15,16,17). The molecule has 0 aliphatic carbocycles. The average Bonchev–Trinajstić information content (AvgIpc) is 2.46. The van der Waals surface area contributed by atoms with Gasteiger partial charge in [-0.1, -0.05) is 6.07 Å². The lowest BCUT2D eigenvalue weighted by Gasteiger charge is -2.04. The van der Waals surface area contributed by atoms with Crippen LogP contribution in [0, 0.1) is 0 Å². The van der Waals surface area contributed by atoms with Gasteiger partial charge in [-0.05, 0) is 36.4 Å². The number of thioether (sulfide) groups is 1. The Hall–Kier alpha value is -2.34. The van der Waals surface area contributed by atoms with Gasteiger partial charge in [0.05, 0.1) is 11.3 Å². The largest absolute Gasteiger partial charge is 0.478 e. The number of anilines is 1. The molecule has 102 valence electrons. The molecule has 0 bridgehead atoms. The number of rotatable bonds is 5. The van der Waals surface area contributed by atoms with Crippen molar-refractivity contribution in [1.29, 1.82) is 0 Å². The van der Waals surface area contributed by atoms with Gasteiger partial charge in [0.1, 0.15) is 5.82 Å². The van der Waals surface area contributed by atoms with Crippen LogP contribution in [0.25, 0.3) is 0 Å². The number of hydrogen-bond acceptors (Lipinski definition) is 4. The number of carbonyl (C=O) groups excluding carboxylic acids is 1. The number of pyridine rings is 1. The molecular formula is C14H12N2O3S. The van der Waals surface area contributed by atoms with Gasteiger partial charge < -0.3 is 10.4 Å². The minimum absolute atomic E-state index is 0.156. The summed E-state index contributed by atoms with van der Waals surface area (Å²) < 4.78 is 0. The van der Waals surface area contributed by atoms with Crippen LogP contribution in [0.2, 0.25) is 0 Å². The molecule has 0 atom stereocenters. The summed E-state index contributed by atoms with van der Waals surface area (Å²) in [4.78, 5) is 27.2. The molecule has 5 nitrogen and oxygen atoms in total. The van der Waals surface area contributed by atoms with Crippen molar-refractivity contribution < 1.29 is 14.7 Å². The highest BCUT2D eigenvalue weighted by Gasteiger charge is 2.05. The summed E-state index contributed by atoms with van der Waals surface area (Å²) in [5, 5.41) is 11.5. The van der Waals surface area contributed by atoms with Gasteiger partial charge in [0.2, 0.25) is 5.91 Å². The Balaban J connectivity index is 1.85.